The molecule has 0 unspecified atom stereocenters. The zero-order chi connectivity index (χ0) is 26.0. The van der Waals surface area contributed by atoms with E-state index in [1.165, 1.54) is 10.9 Å². The van der Waals surface area contributed by atoms with Crippen molar-refractivity contribution in [2.24, 2.45) is 5.92 Å². The molecule has 0 bridgehead atoms. The molecular formula is C30H39N3O4. The van der Waals surface area contributed by atoms with E-state index in [0.29, 0.717) is 39.1 Å². The largest absolute Gasteiger partial charge is 0.496 e. The van der Waals surface area contributed by atoms with E-state index < -0.39 is 0 Å². The number of benzene rings is 2. The quantitative estimate of drug-likeness (QED) is 0.339. The molecule has 1 aliphatic rings. The summed E-state index contributed by atoms with van der Waals surface area (Å²) in [5.74, 6) is 0.848. The third kappa shape index (κ3) is 6.92. The van der Waals surface area contributed by atoms with Crippen LogP contribution in [0.4, 0.5) is 0 Å². The van der Waals surface area contributed by atoms with E-state index in [0.717, 1.165) is 42.5 Å². The Labute approximate surface area is 219 Å². The topological polar surface area (TPSA) is 74.9 Å². The van der Waals surface area contributed by atoms with Crippen molar-refractivity contribution in [2.75, 3.05) is 40.5 Å². The molecule has 2 aromatic carbocycles. The Balaban J connectivity index is 1.53. The number of hydrogen-bond donors (Lipinski definition) is 1. The molecule has 3 aromatic rings. The first-order chi connectivity index (χ1) is 18.1. The van der Waals surface area contributed by atoms with Gasteiger partial charge in [0, 0.05) is 61.9 Å². The van der Waals surface area contributed by atoms with E-state index in [1.54, 1.807) is 19.1 Å². The number of para-hydroxylation sites is 2. The van der Waals surface area contributed by atoms with Gasteiger partial charge in [-0.3, -0.25) is 9.59 Å². The minimum atomic E-state index is -0.0467. The average molecular weight is 506 g/mol. The second kappa shape index (κ2) is 13.3. The first-order valence-electron chi connectivity index (χ1n) is 13.3. The highest BCUT2D eigenvalue weighted by Gasteiger charge is 2.29. The van der Waals surface area contributed by atoms with Crippen molar-refractivity contribution in [3.05, 3.63) is 65.9 Å². The van der Waals surface area contributed by atoms with Gasteiger partial charge in [0.25, 0.3) is 0 Å². The molecule has 37 heavy (non-hydrogen) atoms. The molecule has 0 aliphatic heterocycles. The highest BCUT2D eigenvalue weighted by molar-refractivity contribution is 5.86. The number of carbonyl (C=O) groups excluding carboxylic acids is 2. The van der Waals surface area contributed by atoms with Crippen LogP contribution in [-0.2, 0) is 27.3 Å². The molecule has 1 aromatic heterocycles. The fraction of sp³-hybridized carbons (Fsp3) is 0.467. The Bertz CT molecular complexity index is 1170. The lowest BCUT2D eigenvalue weighted by Gasteiger charge is -2.29. The zero-order valence-electron chi connectivity index (χ0n) is 22.1. The minimum absolute atomic E-state index is 0.0317. The molecule has 1 heterocycles. The van der Waals surface area contributed by atoms with Gasteiger partial charge in [-0.2, -0.15) is 0 Å². The number of rotatable bonds is 13. The van der Waals surface area contributed by atoms with Crippen LogP contribution in [-0.4, -0.2) is 67.1 Å². The fourth-order valence-electron chi connectivity index (χ4n) is 5.29. The minimum Gasteiger partial charge on any atom is -0.496 e. The SMILES string of the molecule is COCCCN(CC(=O)N(CCc1c[nH]c2ccccc12)Cc1ccccc1OC)C(=O)C1CCCC1. The summed E-state index contributed by atoms with van der Waals surface area (Å²) in [4.78, 5) is 34.1. The van der Waals surface area contributed by atoms with E-state index >= 15 is 0 Å². The summed E-state index contributed by atoms with van der Waals surface area (Å²) in [6.45, 7) is 2.15. The standard InChI is InChI=1S/C30H39N3O4/c1-36-19-9-17-33(30(35)23-10-3-4-11-23)22-29(34)32(21-25-12-5-8-15-28(25)37-2)18-16-24-20-31-27-14-7-6-13-26(24)27/h5-8,12-15,20,23,31H,3-4,9-11,16-19,21-22H2,1-2H3. The number of aromatic nitrogens is 1. The van der Waals surface area contributed by atoms with Crippen LogP contribution in [0.25, 0.3) is 10.9 Å². The number of H-pyrrole nitrogens is 1. The second-order valence-corrected chi connectivity index (χ2v) is 9.82. The lowest BCUT2D eigenvalue weighted by molar-refractivity contribution is -0.143. The molecule has 0 radical (unpaired) electrons. The molecule has 0 saturated heterocycles. The van der Waals surface area contributed by atoms with Gasteiger partial charge in [-0.25, -0.2) is 0 Å². The molecule has 1 N–H and O–H groups in total. The summed E-state index contributed by atoms with van der Waals surface area (Å²) in [5.41, 5.74) is 3.21. The van der Waals surface area contributed by atoms with Crippen molar-refractivity contribution in [2.45, 2.75) is 45.1 Å². The smallest absolute Gasteiger partial charge is 0.242 e. The average Bonchev–Trinajstić information content (AvgIpc) is 3.61. The molecule has 0 atom stereocenters. The molecule has 7 nitrogen and oxygen atoms in total. The molecule has 2 amide bonds. The first-order valence-corrected chi connectivity index (χ1v) is 13.3. The molecule has 198 valence electrons. The van der Waals surface area contributed by atoms with Crippen LogP contribution in [0.5, 0.6) is 5.75 Å². The molecule has 1 aliphatic carbocycles. The number of fused-ring (bicyclic) bond motifs is 1. The van der Waals surface area contributed by atoms with Crippen molar-refractivity contribution in [3.63, 3.8) is 0 Å². The highest BCUT2D eigenvalue weighted by Crippen LogP contribution is 2.27. The van der Waals surface area contributed by atoms with Crippen LogP contribution in [0.15, 0.2) is 54.7 Å². The van der Waals surface area contributed by atoms with Gasteiger partial charge in [0.15, 0.2) is 0 Å². The van der Waals surface area contributed by atoms with E-state index in [4.69, 9.17) is 9.47 Å². The number of nitrogens with zero attached hydrogens (tertiary/aromatic N) is 2. The molecule has 7 heteroatoms. The molecule has 1 fully saturated rings. The van der Waals surface area contributed by atoms with Crippen LogP contribution in [0.1, 0.15) is 43.2 Å². The summed E-state index contributed by atoms with van der Waals surface area (Å²) in [6, 6.07) is 16.0. The molecule has 1 saturated carbocycles. The van der Waals surface area contributed by atoms with Gasteiger partial charge in [-0.15, -0.1) is 0 Å². The first kappa shape index (κ1) is 26.7. The Hall–Kier alpha value is -3.32. The van der Waals surface area contributed by atoms with Crippen molar-refractivity contribution >= 4 is 22.7 Å². The fourth-order valence-corrected chi connectivity index (χ4v) is 5.29. The summed E-state index contributed by atoms with van der Waals surface area (Å²) >= 11 is 0. The van der Waals surface area contributed by atoms with Gasteiger partial charge in [-0.1, -0.05) is 49.2 Å². The van der Waals surface area contributed by atoms with Crippen LogP contribution >= 0.6 is 0 Å². The van der Waals surface area contributed by atoms with Crippen LogP contribution in [0.3, 0.4) is 0 Å². The van der Waals surface area contributed by atoms with Crippen LogP contribution in [0, 0.1) is 5.92 Å². The van der Waals surface area contributed by atoms with Crippen molar-refractivity contribution < 1.29 is 19.1 Å². The summed E-state index contributed by atoms with van der Waals surface area (Å²) < 4.78 is 10.8. The second-order valence-electron chi connectivity index (χ2n) is 9.82. The summed E-state index contributed by atoms with van der Waals surface area (Å²) in [7, 11) is 3.31. The predicted molar refractivity (Wildman–Crippen MR) is 145 cm³/mol. The van der Waals surface area contributed by atoms with Gasteiger partial charge < -0.3 is 24.3 Å². The van der Waals surface area contributed by atoms with Crippen LogP contribution < -0.4 is 4.74 Å². The van der Waals surface area contributed by atoms with Gasteiger partial charge in [0.1, 0.15) is 5.75 Å². The van der Waals surface area contributed by atoms with Crippen LogP contribution in [0.2, 0.25) is 0 Å². The van der Waals surface area contributed by atoms with Crippen molar-refractivity contribution in [1.29, 1.82) is 0 Å². The van der Waals surface area contributed by atoms with Crippen molar-refractivity contribution in [1.82, 2.24) is 14.8 Å². The normalized spacial score (nSPS) is 13.7. The third-order valence-corrected chi connectivity index (χ3v) is 7.35. The van der Waals surface area contributed by atoms with Gasteiger partial charge >= 0.3 is 0 Å². The Morgan fingerprint density at radius 1 is 0.946 bits per heavy atom. The lowest BCUT2D eigenvalue weighted by atomic mass is 10.1. The molecular weight excluding hydrogens is 466 g/mol. The number of methoxy groups -OCH3 is 2. The Morgan fingerprint density at radius 3 is 2.49 bits per heavy atom. The van der Waals surface area contributed by atoms with Crippen molar-refractivity contribution in [3.8, 4) is 5.75 Å². The number of carbonyl (C=O) groups is 2. The maximum Gasteiger partial charge on any atom is 0.242 e. The number of ether oxygens (including phenoxy) is 2. The van der Waals surface area contributed by atoms with E-state index in [2.05, 4.69) is 17.1 Å². The number of nitrogens with one attached hydrogen (secondary N) is 1. The van der Waals surface area contributed by atoms with E-state index in [1.807, 2.05) is 47.5 Å². The maximum atomic E-state index is 13.8. The molecule has 4 rings (SSSR count). The number of amides is 2. The monoisotopic (exact) mass is 505 g/mol. The van der Waals surface area contributed by atoms with E-state index in [9.17, 15) is 9.59 Å². The molecule has 0 spiro atoms. The Morgan fingerprint density at radius 2 is 1.70 bits per heavy atom. The third-order valence-electron chi connectivity index (χ3n) is 7.35. The van der Waals surface area contributed by atoms with E-state index in [-0.39, 0.29) is 24.3 Å². The lowest BCUT2D eigenvalue weighted by Crippen LogP contribution is -2.45. The van der Waals surface area contributed by atoms with Gasteiger partial charge in [0.2, 0.25) is 11.8 Å². The van der Waals surface area contributed by atoms with Gasteiger partial charge in [-0.05, 0) is 43.4 Å². The number of hydrogen-bond acceptors (Lipinski definition) is 4. The Kier molecular flexibility index (Phi) is 9.60. The van der Waals surface area contributed by atoms with Gasteiger partial charge in [0.05, 0.1) is 13.7 Å². The zero-order valence-corrected chi connectivity index (χ0v) is 22.1. The predicted octanol–water partition coefficient (Wildman–Crippen LogP) is 4.80. The summed E-state index contributed by atoms with van der Waals surface area (Å²) in [6.07, 6.45) is 7.45. The maximum absolute atomic E-state index is 13.8. The number of aromatic amines is 1. The highest BCUT2D eigenvalue weighted by atomic mass is 16.5. The summed E-state index contributed by atoms with van der Waals surface area (Å²) in [5, 5.41) is 1.17.